The van der Waals surface area contributed by atoms with Crippen LogP contribution in [0.4, 0.5) is 15.9 Å². The summed E-state index contributed by atoms with van der Waals surface area (Å²) in [6, 6.07) is 23.5. The molecule has 0 unspecified atom stereocenters. The number of anilines is 2. The van der Waals surface area contributed by atoms with Gasteiger partial charge in [-0.1, -0.05) is 30.3 Å². The first-order valence-corrected chi connectivity index (χ1v) is 13.8. The summed E-state index contributed by atoms with van der Waals surface area (Å²) in [4.78, 5) is 38.1. The Bertz CT molecular complexity index is 1570. The lowest BCUT2D eigenvalue weighted by molar-refractivity contribution is 0.0746. The monoisotopic (exact) mass is 540 g/mol. The Hall–Kier alpha value is -4.37. The number of hydrogen-bond donors (Lipinski definition) is 0. The highest BCUT2D eigenvalue weighted by Crippen LogP contribution is 2.36. The van der Waals surface area contributed by atoms with Crippen LogP contribution in [0.5, 0.6) is 0 Å². The number of halogens is 1. The Morgan fingerprint density at radius 1 is 0.872 bits per heavy atom. The summed E-state index contributed by atoms with van der Waals surface area (Å²) in [7, 11) is -1.62. The molecule has 3 aromatic carbocycles. The molecular formula is C30H25FN4O3S. The lowest BCUT2D eigenvalue weighted by atomic mass is 10.1. The maximum atomic E-state index is 13.8. The summed E-state index contributed by atoms with van der Waals surface area (Å²) in [6.45, 7) is 2.51. The maximum absolute atomic E-state index is 13.8. The van der Waals surface area contributed by atoms with E-state index in [-0.39, 0.29) is 24.2 Å². The number of fused-ring (bicyclic) bond motifs is 2. The van der Waals surface area contributed by atoms with Crippen molar-refractivity contribution >= 4 is 34.1 Å². The average Bonchev–Trinajstić information content (AvgIpc) is 3.07. The summed E-state index contributed by atoms with van der Waals surface area (Å²) in [5.74, 6) is 0.0336. The van der Waals surface area contributed by atoms with E-state index in [1.807, 2.05) is 18.2 Å². The molecule has 7 nitrogen and oxygen atoms in total. The normalized spacial score (nSPS) is 16.9. The first kappa shape index (κ1) is 24.9. The van der Waals surface area contributed by atoms with Gasteiger partial charge in [-0.2, -0.15) is 0 Å². The van der Waals surface area contributed by atoms with Crippen molar-refractivity contribution in [2.45, 2.75) is 16.3 Å². The van der Waals surface area contributed by atoms with Crippen molar-refractivity contribution in [1.82, 2.24) is 9.88 Å². The Kier molecular flexibility index (Phi) is 6.66. The van der Waals surface area contributed by atoms with E-state index in [0.29, 0.717) is 58.3 Å². The molecule has 1 atom stereocenters. The fourth-order valence-electron chi connectivity index (χ4n) is 4.99. The second kappa shape index (κ2) is 10.4. The number of amides is 2. The van der Waals surface area contributed by atoms with Crippen LogP contribution in [0.25, 0.3) is 0 Å². The molecule has 4 aromatic rings. The highest BCUT2D eigenvalue weighted by Gasteiger charge is 2.32. The van der Waals surface area contributed by atoms with E-state index in [1.165, 1.54) is 17.0 Å². The van der Waals surface area contributed by atoms with Gasteiger partial charge in [0, 0.05) is 37.9 Å². The quantitative estimate of drug-likeness (QED) is 0.381. The second-order valence-electron chi connectivity index (χ2n) is 9.43. The van der Waals surface area contributed by atoms with E-state index in [1.54, 1.807) is 65.7 Å². The predicted octanol–water partition coefficient (Wildman–Crippen LogP) is 4.51. The van der Waals surface area contributed by atoms with E-state index in [0.717, 1.165) is 5.82 Å². The molecule has 3 heterocycles. The minimum Gasteiger partial charge on any atom is -0.353 e. The van der Waals surface area contributed by atoms with Crippen LogP contribution in [0, 0.1) is 5.82 Å². The number of aromatic nitrogens is 1. The van der Waals surface area contributed by atoms with Crippen LogP contribution in [-0.4, -0.2) is 52.1 Å². The molecule has 196 valence electrons. The van der Waals surface area contributed by atoms with Gasteiger partial charge in [-0.25, -0.2) is 13.6 Å². The minimum absolute atomic E-state index is 0.137. The molecule has 0 spiro atoms. The third-order valence-corrected chi connectivity index (χ3v) is 8.55. The van der Waals surface area contributed by atoms with Crippen molar-refractivity contribution in [2.75, 3.05) is 36.0 Å². The highest BCUT2D eigenvalue weighted by molar-refractivity contribution is 7.85. The van der Waals surface area contributed by atoms with Gasteiger partial charge in [-0.3, -0.25) is 9.59 Å². The number of piperazine rings is 1. The molecule has 1 aromatic heterocycles. The Balaban J connectivity index is 1.33. The Morgan fingerprint density at radius 3 is 2.36 bits per heavy atom. The van der Waals surface area contributed by atoms with E-state index in [4.69, 9.17) is 0 Å². The molecule has 6 rings (SSSR count). The van der Waals surface area contributed by atoms with Gasteiger partial charge in [0.15, 0.2) is 0 Å². The summed E-state index contributed by atoms with van der Waals surface area (Å²) in [5.41, 5.74) is 1.88. The molecule has 9 heteroatoms. The zero-order valence-electron chi connectivity index (χ0n) is 21.0. The number of benzene rings is 3. The maximum Gasteiger partial charge on any atom is 0.259 e. The first-order chi connectivity index (χ1) is 19.0. The molecule has 0 radical (unpaired) electrons. The van der Waals surface area contributed by atoms with E-state index in [2.05, 4.69) is 9.88 Å². The minimum atomic E-state index is -1.62. The van der Waals surface area contributed by atoms with Crippen LogP contribution in [0.15, 0.2) is 101 Å². The topological polar surface area (TPSA) is 73.8 Å². The predicted molar refractivity (Wildman–Crippen MR) is 147 cm³/mol. The molecule has 39 heavy (non-hydrogen) atoms. The second-order valence-corrected chi connectivity index (χ2v) is 10.8. The average molecular weight is 541 g/mol. The molecule has 1 fully saturated rings. The van der Waals surface area contributed by atoms with Gasteiger partial charge in [-0.15, -0.1) is 0 Å². The molecule has 0 saturated carbocycles. The molecule has 0 bridgehead atoms. The third kappa shape index (κ3) is 4.81. The van der Waals surface area contributed by atoms with Gasteiger partial charge in [0.1, 0.15) is 11.6 Å². The third-order valence-electron chi connectivity index (χ3n) is 7.05. The SMILES string of the molecule is O=C(c1ccc2c(c1)N(Cc1ccc(F)cc1)C(=O)c1ccccc1[S@@]2=O)N1CCN(c2ccccn2)CC1. The summed E-state index contributed by atoms with van der Waals surface area (Å²) in [6.07, 6.45) is 1.75. The molecule has 2 amide bonds. The standard InChI is InChI=1S/C30H25FN4O3S/c31-23-11-8-21(9-12-23)20-35-25-19-22(10-13-27(25)39(38)26-6-2-1-5-24(26)30(35)37)29(36)34-17-15-33(16-18-34)28-7-3-4-14-32-28/h1-14,19H,15-18,20H2/t39-/m0/s1. The van der Waals surface area contributed by atoms with Crippen molar-refractivity contribution < 1.29 is 18.2 Å². The lowest BCUT2D eigenvalue weighted by Gasteiger charge is -2.35. The molecule has 1 saturated heterocycles. The Morgan fingerprint density at radius 2 is 1.62 bits per heavy atom. The van der Waals surface area contributed by atoms with Gasteiger partial charge in [0.05, 0.1) is 38.4 Å². The zero-order chi connectivity index (χ0) is 26.9. The van der Waals surface area contributed by atoms with Crippen molar-refractivity contribution in [3.05, 3.63) is 114 Å². The molecular weight excluding hydrogens is 515 g/mol. The highest BCUT2D eigenvalue weighted by atomic mass is 32.2. The van der Waals surface area contributed by atoms with Gasteiger partial charge in [0.25, 0.3) is 11.8 Å². The van der Waals surface area contributed by atoms with Crippen molar-refractivity contribution in [3.8, 4) is 0 Å². The molecule has 2 aliphatic rings. The van der Waals surface area contributed by atoms with E-state index < -0.39 is 10.8 Å². The van der Waals surface area contributed by atoms with E-state index in [9.17, 15) is 18.2 Å². The van der Waals surface area contributed by atoms with Crippen LogP contribution in [-0.2, 0) is 17.3 Å². The van der Waals surface area contributed by atoms with Crippen molar-refractivity contribution in [3.63, 3.8) is 0 Å². The van der Waals surface area contributed by atoms with Crippen LogP contribution in [0.3, 0.4) is 0 Å². The molecule has 0 N–H and O–H groups in total. The van der Waals surface area contributed by atoms with Crippen molar-refractivity contribution in [2.24, 2.45) is 0 Å². The van der Waals surface area contributed by atoms with E-state index >= 15 is 0 Å². The zero-order valence-corrected chi connectivity index (χ0v) is 21.8. The van der Waals surface area contributed by atoms with Crippen LogP contribution in [0.2, 0.25) is 0 Å². The summed E-state index contributed by atoms with van der Waals surface area (Å²) < 4.78 is 27.2. The van der Waals surface area contributed by atoms with Gasteiger partial charge >= 0.3 is 0 Å². The van der Waals surface area contributed by atoms with Gasteiger partial charge < -0.3 is 14.7 Å². The summed E-state index contributed by atoms with van der Waals surface area (Å²) in [5, 5.41) is 0. The number of carbonyl (C=O) groups is 2. The fourth-order valence-corrected chi connectivity index (χ4v) is 6.33. The first-order valence-electron chi connectivity index (χ1n) is 12.7. The smallest absolute Gasteiger partial charge is 0.259 e. The fraction of sp³-hybridized carbons (Fsp3) is 0.167. The largest absolute Gasteiger partial charge is 0.353 e. The number of rotatable bonds is 4. The van der Waals surface area contributed by atoms with Crippen LogP contribution < -0.4 is 9.80 Å². The Labute approximate surface area is 228 Å². The molecule has 0 aliphatic carbocycles. The number of nitrogens with zero attached hydrogens (tertiary/aromatic N) is 4. The number of hydrogen-bond acceptors (Lipinski definition) is 5. The van der Waals surface area contributed by atoms with Crippen LogP contribution >= 0.6 is 0 Å². The van der Waals surface area contributed by atoms with Crippen LogP contribution in [0.1, 0.15) is 26.3 Å². The number of carbonyl (C=O) groups excluding carboxylic acids is 2. The lowest BCUT2D eigenvalue weighted by Crippen LogP contribution is -2.49. The summed E-state index contributed by atoms with van der Waals surface area (Å²) >= 11 is 0. The van der Waals surface area contributed by atoms with Gasteiger partial charge in [-0.05, 0) is 60.2 Å². The van der Waals surface area contributed by atoms with Crippen molar-refractivity contribution in [1.29, 1.82) is 0 Å². The van der Waals surface area contributed by atoms with Gasteiger partial charge in [0.2, 0.25) is 0 Å². The number of pyridine rings is 1. The molecule has 2 aliphatic heterocycles.